The molecule has 5 nitrogen and oxygen atoms in total. The van der Waals surface area contributed by atoms with E-state index in [4.69, 9.17) is 0 Å². The van der Waals surface area contributed by atoms with E-state index in [1.165, 1.54) is 5.56 Å². The molecule has 0 radical (unpaired) electrons. The van der Waals surface area contributed by atoms with Crippen LogP contribution in [0.3, 0.4) is 0 Å². The van der Waals surface area contributed by atoms with Gasteiger partial charge in [0.2, 0.25) is 0 Å². The third kappa shape index (κ3) is 3.28. The summed E-state index contributed by atoms with van der Waals surface area (Å²) in [5, 5.41) is 0. The molecule has 0 bridgehead atoms. The van der Waals surface area contributed by atoms with Crippen molar-refractivity contribution in [2.45, 2.75) is 13.5 Å². The van der Waals surface area contributed by atoms with E-state index in [1.807, 2.05) is 36.1 Å². The van der Waals surface area contributed by atoms with Crippen LogP contribution in [-0.2, 0) is 6.54 Å². The van der Waals surface area contributed by atoms with E-state index < -0.39 is 0 Å². The molecule has 0 unspecified atom stereocenters. The predicted octanol–water partition coefficient (Wildman–Crippen LogP) is 2.83. The topological polar surface area (TPSA) is 52.2 Å². The van der Waals surface area contributed by atoms with Gasteiger partial charge >= 0.3 is 0 Å². The summed E-state index contributed by atoms with van der Waals surface area (Å²) in [6.07, 6.45) is 0. The first-order chi connectivity index (χ1) is 12.2. The van der Waals surface area contributed by atoms with Crippen LogP contribution in [-0.4, -0.2) is 51.9 Å². The highest BCUT2D eigenvalue weighted by Crippen LogP contribution is 2.19. The highest BCUT2D eigenvalue weighted by Gasteiger charge is 2.24. The molecule has 1 saturated heterocycles. The first-order valence-electron chi connectivity index (χ1n) is 8.71. The fourth-order valence-corrected chi connectivity index (χ4v) is 3.45. The lowest BCUT2D eigenvalue weighted by Crippen LogP contribution is -2.48. The van der Waals surface area contributed by atoms with Crippen LogP contribution < -0.4 is 0 Å². The molecule has 128 valence electrons. The summed E-state index contributed by atoms with van der Waals surface area (Å²) >= 11 is 0. The van der Waals surface area contributed by atoms with Crippen molar-refractivity contribution in [1.29, 1.82) is 0 Å². The van der Waals surface area contributed by atoms with E-state index >= 15 is 0 Å². The Morgan fingerprint density at radius 3 is 2.56 bits per heavy atom. The number of piperazine rings is 1. The summed E-state index contributed by atoms with van der Waals surface area (Å²) in [5.41, 5.74) is 3.71. The van der Waals surface area contributed by atoms with Gasteiger partial charge in [-0.15, -0.1) is 0 Å². The number of imidazole rings is 1. The highest BCUT2D eigenvalue weighted by molar-refractivity contribution is 6.04. The van der Waals surface area contributed by atoms with Crippen LogP contribution in [0.5, 0.6) is 0 Å². The molecular formula is C20H22N4O. The fraction of sp³-hybridized carbons (Fsp3) is 0.300. The fourth-order valence-electron chi connectivity index (χ4n) is 3.45. The number of carbonyl (C=O) groups is 1. The van der Waals surface area contributed by atoms with Gasteiger partial charge in [0.1, 0.15) is 11.3 Å². The molecule has 1 aliphatic rings. The van der Waals surface area contributed by atoms with E-state index in [1.54, 1.807) is 0 Å². The Balaban J connectivity index is 1.44. The molecule has 5 heteroatoms. The van der Waals surface area contributed by atoms with E-state index in [-0.39, 0.29) is 5.91 Å². The minimum absolute atomic E-state index is 0.0801. The van der Waals surface area contributed by atoms with Crippen molar-refractivity contribution in [2.75, 3.05) is 26.2 Å². The molecule has 1 fully saturated rings. The van der Waals surface area contributed by atoms with Crippen molar-refractivity contribution in [1.82, 2.24) is 19.8 Å². The lowest BCUT2D eigenvalue weighted by molar-refractivity contribution is 0.0630. The summed E-state index contributed by atoms with van der Waals surface area (Å²) in [5.74, 6) is 0.916. The number of nitrogens with one attached hydrogen (secondary N) is 1. The zero-order valence-corrected chi connectivity index (χ0v) is 14.4. The summed E-state index contributed by atoms with van der Waals surface area (Å²) < 4.78 is 0. The standard InChI is InChI=1S/C20H22N4O/c1-15-21-18-9-5-8-17(19(18)22-15)20(25)24-12-10-23(11-13-24)14-16-6-3-2-4-7-16/h2-9H,10-14H2,1H3,(H,21,22). The second kappa shape index (κ2) is 6.69. The van der Waals surface area contributed by atoms with Crippen LogP contribution in [0.4, 0.5) is 0 Å². The predicted molar refractivity (Wildman–Crippen MR) is 98.5 cm³/mol. The second-order valence-electron chi connectivity index (χ2n) is 6.58. The molecule has 1 aliphatic heterocycles. The number of fused-ring (bicyclic) bond motifs is 1. The minimum atomic E-state index is 0.0801. The molecule has 1 aromatic heterocycles. The van der Waals surface area contributed by atoms with Gasteiger partial charge in [0, 0.05) is 32.7 Å². The van der Waals surface area contributed by atoms with Crippen molar-refractivity contribution in [2.24, 2.45) is 0 Å². The lowest BCUT2D eigenvalue weighted by atomic mass is 10.1. The maximum absolute atomic E-state index is 12.9. The van der Waals surface area contributed by atoms with Crippen molar-refractivity contribution < 1.29 is 4.79 Å². The summed E-state index contributed by atoms with van der Waals surface area (Å²) in [6.45, 7) is 6.16. The molecule has 2 heterocycles. The van der Waals surface area contributed by atoms with Crippen molar-refractivity contribution in [3.63, 3.8) is 0 Å². The van der Waals surface area contributed by atoms with Crippen LogP contribution >= 0.6 is 0 Å². The van der Waals surface area contributed by atoms with Crippen molar-refractivity contribution >= 4 is 16.9 Å². The van der Waals surface area contributed by atoms with Crippen LogP contribution in [0.25, 0.3) is 11.0 Å². The lowest BCUT2D eigenvalue weighted by Gasteiger charge is -2.34. The van der Waals surface area contributed by atoms with E-state index in [0.29, 0.717) is 5.56 Å². The van der Waals surface area contributed by atoms with Gasteiger partial charge in [-0.25, -0.2) is 4.98 Å². The normalized spacial score (nSPS) is 15.6. The Kier molecular flexibility index (Phi) is 4.24. The Hall–Kier alpha value is -2.66. The van der Waals surface area contributed by atoms with Gasteiger partial charge in [0.25, 0.3) is 5.91 Å². The Labute approximate surface area is 147 Å². The Morgan fingerprint density at radius 2 is 1.80 bits per heavy atom. The highest BCUT2D eigenvalue weighted by atomic mass is 16.2. The van der Waals surface area contributed by atoms with Crippen LogP contribution in [0.1, 0.15) is 21.7 Å². The third-order valence-electron chi connectivity index (χ3n) is 4.77. The number of para-hydroxylation sites is 1. The number of aromatic nitrogens is 2. The second-order valence-corrected chi connectivity index (χ2v) is 6.58. The zero-order valence-electron chi connectivity index (χ0n) is 14.4. The molecule has 0 aliphatic carbocycles. The summed E-state index contributed by atoms with van der Waals surface area (Å²) in [4.78, 5) is 25.0. The minimum Gasteiger partial charge on any atom is -0.342 e. The summed E-state index contributed by atoms with van der Waals surface area (Å²) in [6, 6.07) is 16.2. The monoisotopic (exact) mass is 334 g/mol. The van der Waals surface area contributed by atoms with Gasteiger partial charge in [-0.05, 0) is 24.6 Å². The molecule has 0 spiro atoms. The number of hydrogen-bond acceptors (Lipinski definition) is 3. The largest absolute Gasteiger partial charge is 0.342 e. The molecule has 2 aromatic carbocycles. The quantitative estimate of drug-likeness (QED) is 0.801. The van der Waals surface area contributed by atoms with Gasteiger partial charge in [-0.1, -0.05) is 36.4 Å². The van der Waals surface area contributed by atoms with Gasteiger partial charge in [0.05, 0.1) is 11.1 Å². The number of rotatable bonds is 3. The Morgan fingerprint density at radius 1 is 1.04 bits per heavy atom. The van der Waals surface area contributed by atoms with Crippen LogP contribution in [0, 0.1) is 6.92 Å². The Bertz CT molecular complexity index is 879. The number of amides is 1. The number of H-pyrrole nitrogens is 1. The van der Waals surface area contributed by atoms with Crippen LogP contribution in [0.2, 0.25) is 0 Å². The van der Waals surface area contributed by atoms with Crippen molar-refractivity contribution in [3.8, 4) is 0 Å². The molecule has 4 rings (SSSR count). The molecule has 1 N–H and O–H groups in total. The average Bonchev–Trinajstić information content (AvgIpc) is 3.03. The number of aryl methyl sites for hydroxylation is 1. The first kappa shape index (κ1) is 15.8. The van der Waals surface area contributed by atoms with Gasteiger partial charge < -0.3 is 9.88 Å². The van der Waals surface area contributed by atoms with Crippen molar-refractivity contribution in [3.05, 3.63) is 65.5 Å². The molecule has 0 saturated carbocycles. The molecule has 25 heavy (non-hydrogen) atoms. The number of nitrogens with zero attached hydrogens (tertiary/aromatic N) is 3. The summed E-state index contributed by atoms with van der Waals surface area (Å²) in [7, 11) is 0. The number of benzene rings is 2. The molecular weight excluding hydrogens is 312 g/mol. The number of aromatic amines is 1. The maximum Gasteiger partial charge on any atom is 0.256 e. The van der Waals surface area contributed by atoms with Gasteiger partial charge in [-0.2, -0.15) is 0 Å². The van der Waals surface area contributed by atoms with E-state index in [9.17, 15) is 4.79 Å². The van der Waals surface area contributed by atoms with E-state index in [2.05, 4.69) is 39.1 Å². The third-order valence-corrected chi connectivity index (χ3v) is 4.77. The van der Waals surface area contributed by atoms with Gasteiger partial charge in [0.15, 0.2) is 0 Å². The van der Waals surface area contributed by atoms with Gasteiger partial charge in [-0.3, -0.25) is 9.69 Å². The number of hydrogen-bond donors (Lipinski definition) is 1. The zero-order chi connectivity index (χ0) is 17.2. The molecule has 0 atom stereocenters. The number of carbonyl (C=O) groups excluding carboxylic acids is 1. The molecule has 3 aromatic rings. The first-order valence-corrected chi connectivity index (χ1v) is 8.71. The van der Waals surface area contributed by atoms with E-state index in [0.717, 1.165) is 49.6 Å². The maximum atomic E-state index is 12.9. The average molecular weight is 334 g/mol. The molecule has 1 amide bonds. The van der Waals surface area contributed by atoms with Crippen LogP contribution in [0.15, 0.2) is 48.5 Å². The SMILES string of the molecule is Cc1nc2c(C(=O)N3CCN(Cc4ccccc4)CC3)cccc2[nH]1. The smallest absolute Gasteiger partial charge is 0.256 e.